The molecule has 0 aromatic carbocycles. The predicted molar refractivity (Wildman–Crippen MR) is 33.1 cm³/mol. The Labute approximate surface area is 48.6 Å². The summed E-state index contributed by atoms with van der Waals surface area (Å²) in [6.07, 6.45) is 3.06. The smallest absolute Gasteiger partial charge is 0.00639 e. The molecule has 0 heterocycles. The van der Waals surface area contributed by atoms with Crippen molar-refractivity contribution in [2.75, 3.05) is 0 Å². The zero-order valence-electron chi connectivity index (χ0n) is 4.31. The molecule has 0 fully saturated rings. The summed E-state index contributed by atoms with van der Waals surface area (Å²) in [6.45, 7) is 0. The van der Waals surface area contributed by atoms with E-state index in [1.165, 1.54) is 12.2 Å². The van der Waals surface area contributed by atoms with Gasteiger partial charge in [-0.15, -0.1) is 0 Å². The molecule has 0 aliphatic heterocycles. The standard InChI is InChI=1S/C6H6N2/c7-5-3-1-2-4-6-8/h1-2H,7-8H2/b2-1-. The molecule has 40 valence electrons. The molecular weight excluding hydrogens is 100 g/mol. The zero-order chi connectivity index (χ0) is 6.24. The largest absolute Gasteiger partial charge is 0.359 e. The first-order valence-corrected chi connectivity index (χ1v) is 1.99. The lowest BCUT2D eigenvalue weighted by atomic mass is 10.5. The molecule has 0 saturated carbocycles. The normalized spacial score (nSPS) is 6.50. The van der Waals surface area contributed by atoms with Gasteiger partial charge in [-0.2, -0.15) is 0 Å². The molecular formula is C6H6N2. The van der Waals surface area contributed by atoms with Gasteiger partial charge < -0.3 is 11.5 Å². The van der Waals surface area contributed by atoms with E-state index in [1.54, 1.807) is 0 Å². The summed E-state index contributed by atoms with van der Waals surface area (Å²) in [5.41, 5.74) is 9.64. The maximum Gasteiger partial charge on any atom is 0.00639 e. The monoisotopic (exact) mass is 106 g/mol. The summed E-state index contributed by atoms with van der Waals surface area (Å²) in [7, 11) is 0. The molecule has 0 radical (unpaired) electrons. The highest BCUT2D eigenvalue weighted by Gasteiger charge is 1.52. The Bertz CT molecular complexity index is 160. The van der Waals surface area contributed by atoms with E-state index in [0.717, 1.165) is 0 Å². The van der Waals surface area contributed by atoms with Crippen LogP contribution in [0, 0.1) is 23.9 Å². The lowest BCUT2D eigenvalue weighted by Crippen LogP contribution is -1.74. The fourth-order valence-electron chi connectivity index (χ4n) is 0.180. The van der Waals surface area contributed by atoms with Crippen molar-refractivity contribution in [1.82, 2.24) is 0 Å². The molecule has 0 aliphatic rings. The first-order valence-electron chi connectivity index (χ1n) is 1.99. The van der Waals surface area contributed by atoms with Crippen molar-refractivity contribution < 1.29 is 0 Å². The third kappa shape index (κ3) is 4.46. The Balaban J connectivity index is 3.56. The van der Waals surface area contributed by atoms with Crippen molar-refractivity contribution >= 4 is 0 Å². The highest BCUT2D eigenvalue weighted by Crippen LogP contribution is 1.61. The van der Waals surface area contributed by atoms with Crippen LogP contribution in [0.15, 0.2) is 12.2 Å². The minimum atomic E-state index is 1.53. The molecule has 0 aliphatic carbocycles. The molecule has 0 rings (SSSR count). The minimum Gasteiger partial charge on any atom is -0.359 e. The molecule has 2 heteroatoms. The van der Waals surface area contributed by atoms with E-state index in [4.69, 9.17) is 11.5 Å². The van der Waals surface area contributed by atoms with Crippen molar-refractivity contribution in [3.63, 3.8) is 0 Å². The highest BCUT2D eigenvalue weighted by molar-refractivity contribution is 5.23. The zero-order valence-corrected chi connectivity index (χ0v) is 4.31. The van der Waals surface area contributed by atoms with Crippen molar-refractivity contribution in [2.24, 2.45) is 11.5 Å². The van der Waals surface area contributed by atoms with Gasteiger partial charge in [0, 0.05) is 12.1 Å². The molecule has 0 atom stereocenters. The van der Waals surface area contributed by atoms with Crippen LogP contribution < -0.4 is 11.5 Å². The van der Waals surface area contributed by atoms with Crippen molar-refractivity contribution in [1.29, 1.82) is 0 Å². The molecule has 0 bridgehead atoms. The molecule has 2 nitrogen and oxygen atoms in total. The Morgan fingerprint density at radius 2 is 1.25 bits per heavy atom. The van der Waals surface area contributed by atoms with Gasteiger partial charge in [-0.25, -0.2) is 0 Å². The molecule has 0 spiro atoms. The molecule has 0 saturated heterocycles. The summed E-state index contributed by atoms with van der Waals surface area (Å²) in [5.74, 6) is 4.94. The summed E-state index contributed by atoms with van der Waals surface area (Å²) < 4.78 is 0. The maximum absolute atomic E-state index is 4.82. The van der Waals surface area contributed by atoms with Crippen LogP contribution in [0.1, 0.15) is 0 Å². The van der Waals surface area contributed by atoms with Crippen LogP contribution in [-0.4, -0.2) is 0 Å². The Kier molecular flexibility index (Phi) is 4.41. The van der Waals surface area contributed by atoms with E-state index < -0.39 is 0 Å². The van der Waals surface area contributed by atoms with Gasteiger partial charge in [0.15, 0.2) is 0 Å². The average molecular weight is 106 g/mol. The molecule has 4 N–H and O–H groups in total. The third-order valence-corrected chi connectivity index (χ3v) is 0.417. The van der Waals surface area contributed by atoms with Gasteiger partial charge in [0.05, 0.1) is 0 Å². The van der Waals surface area contributed by atoms with E-state index in [1.807, 2.05) is 0 Å². The van der Waals surface area contributed by atoms with Crippen molar-refractivity contribution in [2.45, 2.75) is 0 Å². The second kappa shape index (κ2) is 5.46. The Morgan fingerprint density at radius 3 is 1.50 bits per heavy atom. The Hall–Kier alpha value is -1.54. The highest BCUT2D eigenvalue weighted by atomic mass is 14.5. The van der Waals surface area contributed by atoms with Crippen LogP contribution >= 0.6 is 0 Å². The maximum atomic E-state index is 4.82. The number of allylic oxidation sites excluding steroid dienone is 2. The lowest BCUT2D eigenvalue weighted by molar-refractivity contribution is 1.73. The molecule has 0 amide bonds. The van der Waals surface area contributed by atoms with Gasteiger partial charge in [0.25, 0.3) is 0 Å². The van der Waals surface area contributed by atoms with E-state index in [0.29, 0.717) is 0 Å². The van der Waals surface area contributed by atoms with E-state index in [2.05, 4.69) is 23.9 Å². The third-order valence-electron chi connectivity index (χ3n) is 0.417. The number of hydrogen-bond acceptors (Lipinski definition) is 2. The number of rotatable bonds is 0. The quantitative estimate of drug-likeness (QED) is 0.319. The second-order valence-electron chi connectivity index (χ2n) is 0.911. The number of nitrogens with two attached hydrogens (primary N) is 2. The minimum absolute atomic E-state index is 1.53. The first-order chi connectivity index (χ1) is 3.91. The fraction of sp³-hybridized carbons (Fsp3) is 0. The van der Waals surface area contributed by atoms with E-state index >= 15 is 0 Å². The van der Waals surface area contributed by atoms with E-state index in [-0.39, 0.29) is 0 Å². The molecule has 8 heavy (non-hydrogen) atoms. The predicted octanol–water partition coefficient (Wildman–Crippen LogP) is -0.618. The van der Waals surface area contributed by atoms with Crippen LogP contribution in [0.5, 0.6) is 0 Å². The molecule has 0 aromatic heterocycles. The van der Waals surface area contributed by atoms with Crippen molar-refractivity contribution in [3.8, 4) is 23.9 Å². The van der Waals surface area contributed by atoms with E-state index in [9.17, 15) is 0 Å². The van der Waals surface area contributed by atoms with Crippen LogP contribution in [0.25, 0.3) is 0 Å². The average Bonchev–Trinajstić information content (AvgIpc) is 1.81. The number of hydrogen-bond donors (Lipinski definition) is 2. The SMILES string of the molecule is NC#C/C=C\C#CN. The molecule has 0 unspecified atom stereocenters. The Morgan fingerprint density at radius 1 is 0.875 bits per heavy atom. The molecule has 0 aromatic rings. The van der Waals surface area contributed by atoms with Crippen LogP contribution in [0.3, 0.4) is 0 Å². The second-order valence-corrected chi connectivity index (χ2v) is 0.911. The van der Waals surface area contributed by atoms with Crippen molar-refractivity contribution in [3.05, 3.63) is 12.2 Å². The van der Waals surface area contributed by atoms with Crippen LogP contribution in [0.4, 0.5) is 0 Å². The van der Waals surface area contributed by atoms with Gasteiger partial charge in [-0.3, -0.25) is 0 Å². The van der Waals surface area contributed by atoms with Gasteiger partial charge in [-0.1, -0.05) is 11.8 Å². The summed E-state index contributed by atoms with van der Waals surface area (Å²) in [4.78, 5) is 0. The van der Waals surface area contributed by atoms with Crippen LogP contribution in [0.2, 0.25) is 0 Å². The topological polar surface area (TPSA) is 52.0 Å². The summed E-state index contributed by atoms with van der Waals surface area (Å²) in [5, 5.41) is 0. The van der Waals surface area contributed by atoms with Crippen LogP contribution in [-0.2, 0) is 0 Å². The summed E-state index contributed by atoms with van der Waals surface area (Å²) in [6, 6.07) is 4.36. The van der Waals surface area contributed by atoms with Gasteiger partial charge in [0.2, 0.25) is 0 Å². The van der Waals surface area contributed by atoms with Gasteiger partial charge in [0.1, 0.15) is 0 Å². The first kappa shape index (κ1) is 6.46. The lowest BCUT2D eigenvalue weighted by Gasteiger charge is -1.60. The fourth-order valence-corrected chi connectivity index (χ4v) is 0.180. The van der Waals surface area contributed by atoms with Gasteiger partial charge in [-0.05, 0) is 12.2 Å². The summed E-state index contributed by atoms with van der Waals surface area (Å²) >= 11 is 0. The van der Waals surface area contributed by atoms with Gasteiger partial charge >= 0.3 is 0 Å².